The molecule has 1 N–H and O–H groups in total. The molecule has 0 fully saturated rings. The molecule has 0 heterocycles. The first-order valence-corrected chi connectivity index (χ1v) is 11.0. The van der Waals surface area contributed by atoms with Crippen LogP contribution in [-0.2, 0) is 11.4 Å². The highest BCUT2D eigenvalue weighted by Crippen LogP contribution is 2.28. The topological polar surface area (TPSA) is 71.3 Å². The van der Waals surface area contributed by atoms with E-state index in [1.54, 1.807) is 48.5 Å². The minimum Gasteiger partial charge on any atom is -0.494 e. The van der Waals surface area contributed by atoms with Gasteiger partial charge < -0.3 is 14.8 Å². The number of amides is 1. The number of nitrogens with zero attached hydrogens (tertiary/aromatic N) is 1. The highest BCUT2D eigenvalue weighted by Gasteiger charge is 2.11. The number of benzene rings is 3. The largest absolute Gasteiger partial charge is 0.494 e. The summed E-state index contributed by atoms with van der Waals surface area (Å²) in [6.45, 7) is 2.82. The van der Waals surface area contributed by atoms with Gasteiger partial charge >= 0.3 is 0 Å². The Bertz CT molecular complexity index is 1170. The van der Waals surface area contributed by atoms with Gasteiger partial charge in [0, 0.05) is 10.7 Å². The standard InChI is InChI=1S/C25H20BrClN2O3/c1-2-31-22-9-7-21(8-10-22)29-25(30)19(15-28)12-17-6-11-24(23(26)14-17)32-16-18-4-3-5-20(27)13-18/h3-14H,2,16H2,1H3,(H,29,30)/b19-12+. The zero-order valence-corrected chi connectivity index (χ0v) is 19.6. The van der Waals surface area contributed by atoms with E-state index in [-0.39, 0.29) is 5.57 Å². The van der Waals surface area contributed by atoms with Crippen molar-refractivity contribution in [2.24, 2.45) is 0 Å². The smallest absolute Gasteiger partial charge is 0.266 e. The molecule has 0 unspecified atom stereocenters. The average Bonchev–Trinajstić information content (AvgIpc) is 2.78. The summed E-state index contributed by atoms with van der Waals surface area (Å²) in [5.74, 6) is 0.859. The Kier molecular flexibility index (Phi) is 8.32. The zero-order valence-electron chi connectivity index (χ0n) is 17.3. The molecule has 3 aromatic rings. The summed E-state index contributed by atoms with van der Waals surface area (Å²) in [6, 6.07) is 21.7. The van der Waals surface area contributed by atoms with E-state index >= 15 is 0 Å². The Hall–Kier alpha value is -3.27. The molecule has 0 saturated heterocycles. The predicted molar refractivity (Wildman–Crippen MR) is 130 cm³/mol. The van der Waals surface area contributed by atoms with Crippen molar-refractivity contribution in [2.45, 2.75) is 13.5 Å². The van der Waals surface area contributed by atoms with Gasteiger partial charge in [-0.15, -0.1) is 0 Å². The number of nitriles is 1. The Morgan fingerprint density at radius 3 is 2.56 bits per heavy atom. The Morgan fingerprint density at radius 1 is 1.12 bits per heavy atom. The number of anilines is 1. The summed E-state index contributed by atoms with van der Waals surface area (Å²) < 4.78 is 11.9. The molecule has 0 spiro atoms. The van der Waals surface area contributed by atoms with Gasteiger partial charge in [-0.1, -0.05) is 29.8 Å². The average molecular weight is 512 g/mol. The van der Waals surface area contributed by atoms with E-state index in [1.807, 2.05) is 31.2 Å². The van der Waals surface area contributed by atoms with Crippen LogP contribution < -0.4 is 14.8 Å². The minimum absolute atomic E-state index is 0.0154. The molecular formula is C25H20BrClN2O3. The Labute approximate surface area is 200 Å². The van der Waals surface area contributed by atoms with Crippen LogP contribution in [0.4, 0.5) is 5.69 Å². The summed E-state index contributed by atoms with van der Waals surface area (Å²) in [5.41, 5.74) is 2.19. The van der Waals surface area contributed by atoms with Crippen LogP contribution in [0.1, 0.15) is 18.1 Å². The lowest BCUT2D eigenvalue weighted by atomic mass is 10.1. The lowest BCUT2D eigenvalue weighted by Crippen LogP contribution is -2.13. The van der Waals surface area contributed by atoms with Crippen LogP contribution in [0, 0.1) is 11.3 Å². The van der Waals surface area contributed by atoms with E-state index in [0.717, 1.165) is 5.56 Å². The first-order valence-electron chi connectivity index (χ1n) is 9.81. The molecule has 0 aliphatic heterocycles. The number of carbonyl (C=O) groups excluding carboxylic acids is 1. The summed E-state index contributed by atoms with van der Waals surface area (Å²) in [6.07, 6.45) is 1.52. The summed E-state index contributed by atoms with van der Waals surface area (Å²) in [5, 5.41) is 12.8. The second-order valence-corrected chi connectivity index (χ2v) is 7.98. The molecule has 0 aliphatic carbocycles. The van der Waals surface area contributed by atoms with E-state index in [9.17, 15) is 10.1 Å². The lowest BCUT2D eigenvalue weighted by Gasteiger charge is -2.10. The maximum Gasteiger partial charge on any atom is 0.266 e. The molecule has 1 amide bonds. The highest BCUT2D eigenvalue weighted by molar-refractivity contribution is 9.10. The molecule has 5 nitrogen and oxygen atoms in total. The Balaban J connectivity index is 1.67. The molecule has 3 aromatic carbocycles. The molecule has 7 heteroatoms. The third-order valence-corrected chi connectivity index (χ3v) is 5.19. The fourth-order valence-electron chi connectivity index (χ4n) is 2.83. The minimum atomic E-state index is -0.492. The normalized spacial score (nSPS) is 10.9. The monoisotopic (exact) mass is 510 g/mol. The first kappa shape index (κ1) is 23.4. The van der Waals surface area contributed by atoms with Gasteiger partial charge in [-0.2, -0.15) is 5.26 Å². The summed E-state index contributed by atoms with van der Waals surface area (Å²) in [7, 11) is 0. The van der Waals surface area contributed by atoms with Gasteiger partial charge in [-0.05, 0) is 88.6 Å². The van der Waals surface area contributed by atoms with Crippen molar-refractivity contribution in [2.75, 3.05) is 11.9 Å². The molecule has 0 atom stereocenters. The second-order valence-electron chi connectivity index (χ2n) is 6.69. The lowest BCUT2D eigenvalue weighted by molar-refractivity contribution is -0.112. The van der Waals surface area contributed by atoms with Gasteiger partial charge in [-0.25, -0.2) is 0 Å². The van der Waals surface area contributed by atoms with Crippen molar-refractivity contribution in [3.05, 3.63) is 92.9 Å². The van der Waals surface area contributed by atoms with Crippen LogP contribution in [-0.4, -0.2) is 12.5 Å². The quantitative estimate of drug-likeness (QED) is 0.272. The molecular weight excluding hydrogens is 492 g/mol. The van der Waals surface area contributed by atoms with E-state index < -0.39 is 5.91 Å². The molecule has 0 bridgehead atoms. The van der Waals surface area contributed by atoms with Crippen LogP contribution in [0.25, 0.3) is 6.08 Å². The molecule has 3 rings (SSSR count). The van der Waals surface area contributed by atoms with Gasteiger partial charge in [0.15, 0.2) is 0 Å². The van der Waals surface area contributed by atoms with E-state index in [4.69, 9.17) is 21.1 Å². The van der Waals surface area contributed by atoms with Crippen molar-refractivity contribution in [3.63, 3.8) is 0 Å². The molecule has 0 aromatic heterocycles. The van der Waals surface area contributed by atoms with Crippen molar-refractivity contribution in [1.82, 2.24) is 0 Å². The van der Waals surface area contributed by atoms with E-state index in [2.05, 4.69) is 21.2 Å². The van der Waals surface area contributed by atoms with Gasteiger partial charge in [0.2, 0.25) is 0 Å². The van der Waals surface area contributed by atoms with Gasteiger partial charge in [0.25, 0.3) is 5.91 Å². The van der Waals surface area contributed by atoms with Gasteiger partial charge in [0.1, 0.15) is 29.7 Å². The fraction of sp³-hybridized carbons (Fsp3) is 0.120. The first-order chi connectivity index (χ1) is 15.5. The number of hydrogen-bond acceptors (Lipinski definition) is 4. The van der Waals surface area contributed by atoms with Crippen molar-refractivity contribution < 1.29 is 14.3 Å². The number of hydrogen-bond donors (Lipinski definition) is 1. The van der Waals surface area contributed by atoms with Crippen LogP contribution >= 0.6 is 27.5 Å². The number of carbonyl (C=O) groups is 1. The number of halogens is 2. The van der Waals surface area contributed by atoms with Gasteiger partial charge in [-0.3, -0.25) is 4.79 Å². The predicted octanol–water partition coefficient (Wildman–Crippen LogP) is 6.63. The van der Waals surface area contributed by atoms with Crippen molar-refractivity contribution >= 4 is 45.2 Å². The van der Waals surface area contributed by atoms with E-state index in [1.165, 1.54) is 6.08 Å². The molecule has 0 saturated carbocycles. The van der Waals surface area contributed by atoms with Crippen molar-refractivity contribution in [3.8, 4) is 17.6 Å². The van der Waals surface area contributed by atoms with Crippen LogP contribution in [0.3, 0.4) is 0 Å². The maximum absolute atomic E-state index is 12.5. The fourth-order valence-corrected chi connectivity index (χ4v) is 3.55. The zero-order chi connectivity index (χ0) is 22.9. The summed E-state index contributed by atoms with van der Waals surface area (Å²) in [4.78, 5) is 12.5. The van der Waals surface area contributed by atoms with Crippen LogP contribution in [0.15, 0.2) is 76.8 Å². The number of nitrogens with one attached hydrogen (secondary N) is 1. The van der Waals surface area contributed by atoms with E-state index in [0.29, 0.717) is 45.5 Å². The third-order valence-electron chi connectivity index (χ3n) is 4.34. The molecule has 0 radical (unpaired) electrons. The van der Waals surface area contributed by atoms with Gasteiger partial charge in [0.05, 0.1) is 11.1 Å². The highest BCUT2D eigenvalue weighted by atomic mass is 79.9. The molecule has 32 heavy (non-hydrogen) atoms. The SMILES string of the molecule is CCOc1ccc(NC(=O)/C(C#N)=C/c2ccc(OCc3cccc(Cl)c3)c(Br)c2)cc1. The van der Waals surface area contributed by atoms with Crippen LogP contribution in [0.2, 0.25) is 5.02 Å². The number of ether oxygens (including phenoxy) is 2. The maximum atomic E-state index is 12.5. The molecule has 162 valence electrons. The summed E-state index contributed by atoms with van der Waals surface area (Å²) >= 11 is 9.48. The van der Waals surface area contributed by atoms with Crippen LogP contribution in [0.5, 0.6) is 11.5 Å². The third kappa shape index (κ3) is 6.61. The Morgan fingerprint density at radius 2 is 1.91 bits per heavy atom. The second kappa shape index (κ2) is 11.4. The van der Waals surface area contributed by atoms with Crippen molar-refractivity contribution in [1.29, 1.82) is 5.26 Å². The molecule has 0 aliphatic rings. The number of rotatable bonds is 8.